The molecule has 2 aromatic carbocycles. The fraction of sp³-hybridized carbons (Fsp3) is 0.150. The third-order valence-corrected chi connectivity index (χ3v) is 4.30. The van der Waals surface area contributed by atoms with Crippen molar-refractivity contribution in [2.24, 2.45) is 0 Å². The van der Waals surface area contributed by atoms with Crippen molar-refractivity contribution in [3.8, 4) is 11.1 Å². The maximum atomic E-state index is 11.7. The van der Waals surface area contributed by atoms with E-state index in [1.165, 1.54) is 0 Å². The molecule has 0 spiro atoms. The molecule has 4 aromatic rings. The number of hydrogen-bond acceptors (Lipinski definition) is 3. The van der Waals surface area contributed by atoms with E-state index in [4.69, 9.17) is 8.83 Å². The van der Waals surface area contributed by atoms with Crippen molar-refractivity contribution in [3.63, 3.8) is 0 Å². The van der Waals surface area contributed by atoms with Gasteiger partial charge in [-0.15, -0.1) is 0 Å². The molecule has 0 aliphatic rings. The van der Waals surface area contributed by atoms with Crippen molar-refractivity contribution in [3.05, 3.63) is 70.3 Å². The third kappa shape index (κ3) is 2.08. The maximum Gasteiger partial charge on any atom is 0.336 e. The second kappa shape index (κ2) is 5.13. The molecule has 23 heavy (non-hydrogen) atoms. The number of aryl methyl sites for hydroxylation is 2. The summed E-state index contributed by atoms with van der Waals surface area (Å²) in [5, 5.41) is 1.97. The molecule has 0 saturated heterocycles. The monoisotopic (exact) mass is 304 g/mol. The first kappa shape index (κ1) is 13.8. The van der Waals surface area contributed by atoms with Crippen molar-refractivity contribution < 1.29 is 8.83 Å². The highest BCUT2D eigenvalue weighted by atomic mass is 16.4. The SMILES string of the molecule is CCc1cc(=O)oc2cc(C)c3c(-c4ccccc4)coc3c12. The van der Waals surface area contributed by atoms with Gasteiger partial charge in [-0.2, -0.15) is 0 Å². The largest absolute Gasteiger partial charge is 0.463 e. The highest BCUT2D eigenvalue weighted by molar-refractivity contribution is 6.10. The van der Waals surface area contributed by atoms with Crippen LogP contribution >= 0.6 is 0 Å². The lowest BCUT2D eigenvalue weighted by atomic mass is 9.97. The fourth-order valence-corrected chi connectivity index (χ4v) is 3.23. The summed E-state index contributed by atoms with van der Waals surface area (Å²) in [5.41, 5.74) is 5.24. The van der Waals surface area contributed by atoms with Crippen LogP contribution in [0.15, 0.2) is 62.4 Å². The van der Waals surface area contributed by atoms with E-state index in [2.05, 4.69) is 12.1 Å². The Bertz CT molecular complexity index is 1070. The van der Waals surface area contributed by atoms with E-state index in [1.54, 1.807) is 12.3 Å². The lowest BCUT2D eigenvalue weighted by molar-refractivity contribution is 0.557. The van der Waals surface area contributed by atoms with Gasteiger partial charge in [0.25, 0.3) is 0 Å². The Labute approximate surface area is 133 Å². The first-order valence-corrected chi connectivity index (χ1v) is 7.72. The number of benzene rings is 2. The Kier molecular flexibility index (Phi) is 3.08. The minimum atomic E-state index is -0.317. The van der Waals surface area contributed by atoms with Gasteiger partial charge < -0.3 is 8.83 Å². The van der Waals surface area contributed by atoms with E-state index in [0.29, 0.717) is 5.58 Å². The van der Waals surface area contributed by atoms with Crippen LogP contribution < -0.4 is 5.63 Å². The van der Waals surface area contributed by atoms with E-state index in [-0.39, 0.29) is 5.63 Å². The van der Waals surface area contributed by atoms with E-state index in [1.807, 2.05) is 38.1 Å². The van der Waals surface area contributed by atoms with Crippen LogP contribution in [-0.2, 0) is 6.42 Å². The first-order chi connectivity index (χ1) is 11.2. The molecular formula is C20H16O3. The second-order valence-electron chi connectivity index (χ2n) is 5.73. The number of furan rings is 1. The molecule has 3 heteroatoms. The highest BCUT2D eigenvalue weighted by Crippen LogP contribution is 2.38. The van der Waals surface area contributed by atoms with Gasteiger partial charge in [-0.05, 0) is 36.1 Å². The van der Waals surface area contributed by atoms with Gasteiger partial charge >= 0.3 is 5.63 Å². The van der Waals surface area contributed by atoms with Crippen molar-refractivity contribution in [1.82, 2.24) is 0 Å². The number of hydrogen-bond donors (Lipinski definition) is 0. The molecule has 0 amide bonds. The molecule has 0 unspecified atom stereocenters. The third-order valence-electron chi connectivity index (χ3n) is 4.30. The zero-order chi connectivity index (χ0) is 16.0. The standard InChI is InChI=1S/C20H16O3/c1-3-13-10-17(21)23-16-9-12(2)18-15(11-22-20(18)19(13)16)14-7-5-4-6-8-14/h4-11H,3H2,1-2H3. The number of rotatable bonds is 2. The summed E-state index contributed by atoms with van der Waals surface area (Å²) in [6.07, 6.45) is 2.54. The zero-order valence-electron chi connectivity index (χ0n) is 13.1. The van der Waals surface area contributed by atoms with Crippen molar-refractivity contribution in [2.45, 2.75) is 20.3 Å². The molecule has 114 valence electrons. The van der Waals surface area contributed by atoms with Crippen LogP contribution in [0.2, 0.25) is 0 Å². The molecule has 0 aliphatic carbocycles. The lowest BCUT2D eigenvalue weighted by Gasteiger charge is -2.07. The van der Waals surface area contributed by atoms with Crippen LogP contribution in [0, 0.1) is 6.92 Å². The number of fused-ring (bicyclic) bond motifs is 3. The molecule has 0 fully saturated rings. The average molecular weight is 304 g/mol. The van der Waals surface area contributed by atoms with Gasteiger partial charge in [0.2, 0.25) is 0 Å². The van der Waals surface area contributed by atoms with Crippen molar-refractivity contribution >= 4 is 21.9 Å². The summed E-state index contributed by atoms with van der Waals surface area (Å²) in [7, 11) is 0. The quantitative estimate of drug-likeness (QED) is 0.485. The predicted octanol–water partition coefficient (Wildman–Crippen LogP) is 5.08. The molecule has 0 bridgehead atoms. The van der Waals surface area contributed by atoms with E-state index >= 15 is 0 Å². The summed E-state index contributed by atoms with van der Waals surface area (Å²) in [5.74, 6) is 0. The maximum absolute atomic E-state index is 11.7. The molecule has 2 aromatic heterocycles. The predicted molar refractivity (Wildman–Crippen MR) is 91.8 cm³/mol. The van der Waals surface area contributed by atoms with E-state index in [9.17, 15) is 4.79 Å². The van der Waals surface area contributed by atoms with Gasteiger partial charge in [0.15, 0.2) is 0 Å². The van der Waals surface area contributed by atoms with Gasteiger partial charge in [0, 0.05) is 17.0 Å². The van der Waals surface area contributed by atoms with Crippen LogP contribution in [-0.4, -0.2) is 0 Å². The van der Waals surface area contributed by atoms with Crippen LogP contribution in [0.5, 0.6) is 0 Å². The molecule has 0 N–H and O–H groups in total. The van der Waals surface area contributed by atoms with Crippen LogP contribution in [0.25, 0.3) is 33.1 Å². The van der Waals surface area contributed by atoms with E-state index in [0.717, 1.165) is 45.0 Å². The second-order valence-corrected chi connectivity index (χ2v) is 5.73. The molecule has 0 aliphatic heterocycles. The summed E-state index contributed by atoms with van der Waals surface area (Å²) in [4.78, 5) is 11.7. The summed E-state index contributed by atoms with van der Waals surface area (Å²) in [6, 6.07) is 13.7. The fourth-order valence-electron chi connectivity index (χ4n) is 3.23. The Balaban J connectivity index is 2.16. The van der Waals surface area contributed by atoms with Crippen LogP contribution in [0.1, 0.15) is 18.1 Å². The summed E-state index contributed by atoms with van der Waals surface area (Å²) < 4.78 is 11.3. The normalized spacial score (nSPS) is 11.4. The Morgan fingerprint density at radius 3 is 2.57 bits per heavy atom. The molecule has 0 atom stereocenters. The molecule has 3 nitrogen and oxygen atoms in total. The Morgan fingerprint density at radius 1 is 1.04 bits per heavy atom. The Morgan fingerprint density at radius 2 is 1.83 bits per heavy atom. The lowest BCUT2D eigenvalue weighted by Crippen LogP contribution is -2.00. The summed E-state index contributed by atoms with van der Waals surface area (Å²) in [6.45, 7) is 4.04. The average Bonchev–Trinajstić information content (AvgIpc) is 3.00. The van der Waals surface area contributed by atoms with Gasteiger partial charge in [-0.3, -0.25) is 0 Å². The molecule has 0 saturated carbocycles. The van der Waals surface area contributed by atoms with Crippen LogP contribution in [0.4, 0.5) is 0 Å². The van der Waals surface area contributed by atoms with Crippen molar-refractivity contribution in [1.29, 1.82) is 0 Å². The highest BCUT2D eigenvalue weighted by Gasteiger charge is 2.17. The van der Waals surface area contributed by atoms with Gasteiger partial charge in [-0.25, -0.2) is 4.79 Å². The molecule has 2 heterocycles. The topological polar surface area (TPSA) is 43.4 Å². The summed E-state index contributed by atoms with van der Waals surface area (Å²) >= 11 is 0. The van der Waals surface area contributed by atoms with E-state index < -0.39 is 0 Å². The zero-order valence-corrected chi connectivity index (χ0v) is 13.1. The van der Waals surface area contributed by atoms with Gasteiger partial charge in [0.05, 0.1) is 11.6 Å². The smallest absolute Gasteiger partial charge is 0.336 e. The van der Waals surface area contributed by atoms with Crippen LogP contribution in [0.3, 0.4) is 0 Å². The van der Waals surface area contributed by atoms with Crippen molar-refractivity contribution in [2.75, 3.05) is 0 Å². The molecule has 4 rings (SSSR count). The molecular weight excluding hydrogens is 288 g/mol. The first-order valence-electron chi connectivity index (χ1n) is 7.72. The van der Waals surface area contributed by atoms with Gasteiger partial charge in [0.1, 0.15) is 11.2 Å². The minimum absolute atomic E-state index is 0.317. The molecule has 0 radical (unpaired) electrons. The van der Waals surface area contributed by atoms with Gasteiger partial charge in [-0.1, -0.05) is 37.3 Å². The Hall–Kier alpha value is -2.81. The minimum Gasteiger partial charge on any atom is -0.463 e.